The van der Waals surface area contributed by atoms with Crippen molar-refractivity contribution >= 4 is 35.8 Å². The van der Waals surface area contributed by atoms with Crippen LogP contribution in [0.5, 0.6) is 0 Å². The number of rotatable bonds is 5. The van der Waals surface area contributed by atoms with Gasteiger partial charge in [0.15, 0.2) is 5.96 Å². The Labute approximate surface area is 178 Å². The van der Waals surface area contributed by atoms with Gasteiger partial charge in [-0.25, -0.2) is 4.99 Å². The number of hydrogen-bond donors (Lipinski definition) is 2. The molecule has 2 aromatic rings. The van der Waals surface area contributed by atoms with Crippen LogP contribution in [0.25, 0.3) is 0 Å². The fraction of sp³-hybridized carbons (Fsp3) is 0.333. The highest BCUT2D eigenvalue weighted by molar-refractivity contribution is 14.0. The normalized spacial score (nSPS) is 16.7. The SMILES string of the molecule is CCNC(=NCc1ccc(C(N)=O)cc1)N1CCC(c2ccccc2)C1.I. The summed E-state index contributed by atoms with van der Waals surface area (Å²) in [5.41, 5.74) is 8.26. The quantitative estimate of drug-likeness (QED) is 0.394. The van der Waals surface area contributed by atoms with Gasteiger partial charge in [0.2, 0.25) is 5.91 Å². The van der Waals surface area contributed by atoms with Crippen LogP contribution < -0.4 is 11.1 Å². The number of halogens is 1. The molecule has 0 radical (unpaired) electrons. The zero-order valence-electron chi connectivity index (χ0n) is 15.6. The standard InChI is InChI=1S/C21H26N4O.HI/c1-2-23-21(24-14-16-8-10-18(11-9-16)20(22)26)25-13-12-19(15-25)17-6-4-3-5-7-17;/h3-11,19H,2,12-15H2,1H3,(H2,22,26)(H,23,24);1H. The first-order chi connectivity index (χ1) is 12.7. The third-order valence-electron chi connectivity index (χ3n) is 4.74. The predicted molar refractivity (Wildman–Crippen MR) is 121 cm³/mol. The molecule has 5 nitrogen and oxygen atoms in total. The van der Waals surface area contributed by atoms with Gasteiger partial charge < -0.3 is 16.0 Å². The van der Waals surface area contributed by atoms with Gasteiger partial charge in [-0.1, -0.05) is 42.5 Å². The number of nitrogens with two attached hydrogens (primary N) is 1. The Morgan fingerprint density at radius 2 is 1.89 bits per heavy atom. The topological polar surface area (TPSA) is 70.7 Å². The van der Waals surface area contributed by atoms with Gasteiger partial charge in [0.25, 0.3) is 0 Å². The molecule has 0 bridgehead atoms. The summed E-state index contributed by atoms with van der Waals surface area (Å²) in [5.74, 6) is 1.09. The summed E-state index contributed by atoms with van der Waals surface area (Å²) < 4.78 is 0. The smallest absolute Gasteiger partial charge is 0.248 e. The lowest BCUT2D eigenvalue weighted by atomic mass is 9.99. The average Bonchev–Trinajstić information content (AvgIpc) is 3.16. The van der Waals surface area contributed by atoms with Gasteiger partial charge in [-0.2, -0.15) is 0 Å². The van der Waals surface area contributed by atoms with Gasteiger partial charge in [-0.05, 0) is 36.6 Å². The molecule has 27 heavy (non-hydrogen) atoms. The van der Waals surface area contributed by atoms with E-state index < -0.39 is 5.91 Å². The van der Waals surface area contributed by atoms with Crippen LogP contribution in [-0.2, 0) is 6.54 Å². The van der Waals surface area contributed by atoms with E-state index in [-0.39, 0.29) is 24.0 Å². The summed E-state index contributed by atoms with van der Waals surface area (Å²) in [6, 6.07) is 18.0. The third-order valence-corrected chi connectivity index (χ3v) is 4.74. The first-order valence-corrected chi connectivity index (χ1v) is 9.14. The maximum atomic E-state index is 11.2. The first-order valence-electron chi connectivity index (χ1n) is 9.14. The fourth-order valence-corrected chi connectivity index (χ4v) is 3.32. The number of nitrogens with zero attached hydrogens (tertiary/aromatic N) is 2. The van der Waals surface area contributed by atoms with Crippen molar-refractivity contribution in [3.63, 3.8) is 0 Å². The van der Waals surface area contributed by atoms with E-state index in [0.717, 1.165) is 37.6 Å². The van der Waals surface area contributed by atoms with Crippen LogP contribution in [0.4, 0.5) is 0 Å². The van der Waals surface area contributed by atoms with Crippen molar-refractivity contribution in [3.8, 4) is 0 Å². The van der Waals surface area contributed by atoms with E-state index in [0.29, 0.717) is 18.0 Å². The van der Waals surface area contributed by atoms with E-state index in [1.807, 2.05) is 12.1 Å². The molecule has 0 aromatic heterocycles. The van der Waals surface area contributed by atoms with E-state index in [4.69, 9.17) is 10.7 Å². The maximum absolute atomic E-state index is 11.2. The Morgan fingerprint density at radius 1 is 1.19 bits per heavy atom. The average molecular weight is 478 g/mol. The Kier molecular flexibility index (Phi) is 8.09. The van der Waals surface area contributed by atoms with E-state index in [1.165, 1.54) is 5.56 Å². The highest BCUT2D eigenvalue weighted by Gasteiger charge is 2.25. The van der Waals surface area contributed by atoms with Crippen LogP contribution in [0.1, 0.15) is 40.7 Å². The van der Waals surface area contributed by atoms with Crippen molar-refractivity contribution in [3.05, 3.63) is 71.3 Å². The van der Waals surface area contributed by atoms with Crippen LogP contribution in [0.3, 0.4) is 0 Å². The van der Waals surface area contributed by atoms with E-state index in [9.17, 15) is 4.79 Å². The van der Waals surface area contributed by atoms with Crippen molar-refractivity contribution in [1.29, 1.82) is 0 Å². The van der Waals surface area contributed by atoms with Gasteiger partial charge in [-0.15, -0.1) is 24.0 Å². The first kappa shape index (κ1) is 21.2. The van der Waals surface area contributed by atoms with Crippen LogP contribution in [-0.4, -0.2) is 36.4 Å². The summed E-state index contributed by atoms with van der Waals surface area (Å²) in [7, 11) is 0. The molecule has 6 heteroatoms. The minimum atomic E-state index is -0.405. The number of amides is 1. The minimum absolute atomic E-state index is 0. The second-order valence-electron chi connectivity index (χ2n) is 6.57. The van der Waals surface area contributed by atoms with Gasteiger partial charge in [0.1, 0.15) is 0 Å². The number of guanidine groups is 1. The lowest BCUT2D eigenvalue weighted by Crippen LogP contribution is -2.40. The zero-order chi connectivity index (χ0) is 18.4. The highest BCUT2D eigenvalue weighted by Crippen LogP contribution is 2.26. The predicted octanol–water partition coefficient (Wildman–Crippen LogP) is 3.36. The summed E-state index contributed by atoms with van der Waals surface area (Å²) in [4.78, 5) is 18.3. The van der Waals surface area contributed by atoms with Crippen LogP contribution in [0, 0.1) is 0 Å². The molecule has 1 fully saturated rings. The van der Waals surface area contributed by atoms with Gasteiger partial charge in [-0.3, -0.25) is 4.79 Å². The number of benzene rings is 2. The van der Waals surface area contributed by atoms with Crippen molar-refractivity contribution in [2.24, 2.45) is 10.7 Å². The Balaban J connectivity index is 0.00000261. The van der Waals surface area contributed by atoms with Crippen molar-refractivity contribution < 1.29 is 4.79 Å². The molecule has 1 aliphatic heterocycles. The van der Waals surface area contributed by atoms with Crippen LogP contribution in [0.2, 0.25) is 0 Å². The molecular weight excluding hydrogens is 451 g/mol. The number of primary amides is 1. The number of hydrogen-bond acceptors (Lipinski definition) is 2. The van der Waals surface area contributed by atoms with E-state index in [1.54, 1.807) is 12.1 Å². The molecule has 3 N–H and O–H groups in total. The molecule has 1 heterocycles. The number of carbonyl (C=O) groups excluding carboxylic acids is 1. The summed E-state index contributed by atoms with van der Waals surface area (Å²) in [5, 5.41) is 3.40. The zero-order valence-corrected chi connectivity index (χ0v) is 17.9. The van der Waals surface area contributed by atoms with Gasteiger partial charge in [0.05, 0.1) is 6.54 Å². The third kappa shape index (κ3) is 5.69. The van der Waals surface area contributed by atoms with Crippen molar-refractivity contribution in [2.75, 3.05) is 19.6 Å². The molecule has 1 unspecified atom stereocenters. The number of likely N-dealkylation sites (tertiary alicyclic amines) is 1. The minimum Gasteiger partial charge on any atom is -0.366 e. The number of carbonyl (C=O) groups is 1. The fourth-order valence-electron chi connectivity index (χ4n) is 3.32. The molecule has 1 aliphatic rings. The van der Waals surface area contributed by atoms with Crippen molar-refractivity contribution in [2.45, 2.75) is 25.8 Å². The second kappa shape index (κ2) is 10.3. The molecule has 0 aliphatic carbocycles. The largest absolute Gasteiger partial charge is 0.366 e. The lowest BCUT2D eigenvalue weighted by Gasteiger charge is -2.22. The molecule has 144 valence electrons. The molecule has 0 spiro atoms. The molecule has 2 aromatic carbocycles. The van der Waals surface area contributed by atoms with E-state index in [2.05, 4.69) is 47.5 Å². The molecule has 1 saturated heterocycles. The summed E-state index contributed by atoms with van der Waals surface area (Å²) >= 11 is 0. The maximum Gasteiger partial charge on any atom is 0.248 e. The highest BCUT2D eigenvalue weighted by atomic mass is 127. The molecule has 0 saturated carbocycles. The summed E-state index contributed by atoms with van der Waals surface area (Å²) in [6.07, 6.45) is 1.14. The molecular formula is C21H27IN4O. The summed E-state index contributed by atoms with van der Waals surface area (Å²) in [6.45, 7) is 5.49. The van der Waals surface area contributed by atoms with Gasteiger partial charge in [0, 0.05) is 31.1 Å². The molecule has 1 atom stereocenters. The van der Waals surface area contributed by atoms with Crippen molar-refractivity contribution in [1.82, 2.24) is 10.2 Å². The molecule has 3 rings (SSSR count). The molecule has 1 amide bonds. The number of nitrogens with one attached hydrogen (secondary N) is 1. The lowest BCUT2D eigenvalue weighted by molar-refractivity contribution is 0.100. The van der Waals surface area contributed by atoms with Gasteiger partial charge >= 0.3 is 0 Å². The Bertz CT molecular complexity index is 762. The number of aliphatic imine (C=N–C) groups is 1. The van der Waals surface area contributed by atoms with E-state index >= 15 is 0 Å². The second-order valence-corrected chi connectivity index (χ2v) is 6.57. The Morgan fingerprint density at radius 3 is 2.52 bits per heavy atom. The van der Waals surface area contributed by atoms with Crippen LogP contribution in [0.15, 0.2) is 59.6 Å². The van der Waals surface area contributed by atoms with Crippen LogP contribution >= 0.6 is 24.0 Å². The Hall–Kier alpha value is -2.09. The monoisotopic (exact) mass is 478 g/mol.